The second-order valence-electron chi connectivity index (χ2n) is 16.3. The van der Waals surface area contributed by atoms with Gasteiger partial charge < -0.3 is 9.40 Å². The van der Waals surface area contributed by atoms with E-state index in [4.69, 9.17) is 4.42 Å². The Kier molecular flexibility index (Phi) is 25.8. The number of aromatic nitrogens is 1. The van der Waals surface area contributed by atoms with Gasteiger partial charge in [0.15, 0.2) is 0 Å². The van der Waals surface area contributed by atoms with Gasteiger partial charge in [-0.3, -0.25) is 0 Å². The first-order valence-electron chi connectivity index (χ1n) is 19.2. The summed E-state index contributed by atoms with van der Waals surface area (Å²) in [6.07, 6.45) is 3.22. The van der Waals surface area contributed by atoms with Gasteiger partial charge in [-0.25, -0.2) is 0 Å². The molecule has 0 saturated carbocycles. The minimum atomic E-state index is -0.611. The standard InChI is InChI=1S/C10H14.C9H12.C7H11N.C7H10O.C7H10S.C5H10.C4H12Si/c1-4-10-6-5-8(2)9(3)7-10;1-7-4-8(2)6-9(3)5-7;3*1-5-4-6(2)8-7(5)3;1-4-5(2)3;1-5(2,3)4/h5-7H,4H2,1-3H3;4-6H,1-3H3;4,8H,1-3H3;2*4H,1-3H3;4H,1-3H3;1-4H3. The molecule has 2 nitrogen and oxygen atoms in total. The van der Waals surface area contributed by atoms with Crippen LogP contribution in [0.4, 0.5) is 0 Å². The summed E-state index contributed by atoms with van der Waals surface area (Å²) < 4.78 is 5.21. The lowest BCUT2D eigenvalue weighted by molar-refractivity contribution is 0.502. The van der Waals surface area contributed by atoms with Crippen LogP contribution < -0.4 is 0 Å². The summed E-state index contributed by atoms with van der Waals surface area (Å²) in [4.78, 5) is 6.07. The number of aryl methyl sites for hydroxylation is 15. The summed E-state index contributed by atoms with van der Waals surface area (Å²) in [6.45, 7) is 47.1. The maximum atomic E-state index is 5.21. The number of furan rings is 1. The Hall–Kier alpha value is -3.34. The van der Waals surface area contributed by atoms with Gasteiger partial charge in [-0.15, -0.1) is 11.3 Å². The number of thiophene rings is 1. The molecular formula is C49H79NOSSi. The average Bonchev–Trinajstić information content (AvgIpc) is 3.60. The van der Waals surface area contributed by atoms with Crippen LogP contribution >= 0.6 is 11.3 Å². The van der Waals surface area contributed by atoms with Crippen molar-refractivity contribution in [2.24, 2.45) is 0 Å². The van der Waals surface area contributed by atoms with Crippen LogP contribution in [0.25, 0.3) is 0 Å². The highest BCUT2D eigenvalue weighted by Gasteiger charge is 1.99. The predicted octanol–water partition coefficient (Wildman–Crippen LogP) is 16.2. The monoisotopic (exact) mass is 758 g/mol. The molecule has 1 N–H and O–H groups in total. The van der Waals surface area contributed by atoms with Crippen LogP contribution in [-0.2, 0) is 6.42 Å². The first kappa shape index (κ1) is 51.8. The first-order valence-corrected chi connectivity index (χ1v) is 24.0. The third-order valence-corrected chi connectivity index (χ3v) is 8.98. The number of hydrogen-bond acceptors (Lipinski definition) is 2. The largest absolute Gasteiger partial charge is 0.466 e. The molecule has 5 aromatic rings. The molecule has 53 heavy (non-hydrogen) atoms. The number of hydrogen-bond donors (Lipinski definition) is 1. The van der Waals surface area contributed by atoms with Crippen molar-refractivity contribution >= 4 is 19.4 Å². The fraction of sp³-hybridized carbons (Fsp3) is 0.469. The Balaban J connectivity index is 0. The molecule has 0 spiro atoms. The lowest BCUT2D eigenvalue weighted by Crippen LogP contribution is -2.10. The highest BCUT2D eigenvalue weighted by molar-refractivity contribution is 7.12. The molecule has 0 unspecified atom stereocenters. The van der Waals surface area contributed by atoms with Crippen LogP contribution in [0.3, 0.4) is 0 Å². The number of allylic oxidation sites excluding steroid dienone is 2. The second-order valence-corrected chi connectivity index (χ2v) is 23.7. The first-order chi connectivity index (χ1) is 24.3. The van der Waals surface area contributed by atoms with Crippen molar-refractivity contribution < 1.29 is 4.42 Å². The van der Waals surface area contributed by atoms with Gasteiger partial charge in [0.05, 0.1) is 0 Å². The third kappa shape index (κ3) is 27.9. The highest BCUT2D eigenvalue weighted by Crippen LogP contribution is 2.18. The molecule has 0 aliphatic rings. The third-order valence-electron chi connectivity index (χ3n) is 7.91. The van der Waals surface area contributed by atoms with E-state index < -0.39 is 8.07 Å². The van der Waals surface area contributed by atoms with E-state index in [1.807, 2.05) is 45.1 Å². The Morgan fingerprint density at radius 1 is 0.623 bits per heavy atom. The molecule has 296 valence electrons. The van der Waals surface area contributed by atoms with Crippen molar-refractivity contribution in [1.82, 2.24) is 4.98 Å². The summed E-state index contributed by atoms with van der Waals surface area (Å²) in [5.41, 5.74) is 16.2. The number of H-pyrrole nitrogens is 1. The van der Waals surface area contributed by atoms with E-state index in [0.29, 0.717) is 0 Å². The summed E-state index contributed by atoms with van der Waals surface area (Å²) in [5.74, 6) is 2.03. The molecule has 4 heteroatoms. The SMILES string of the molecule is CC=C(C)C.CCc1ccc(C)c(C)c1.C[Si](C)(C)C.Cc1cc(C)c(C)[nH]1.Cc1cc(C)c(C)o1.Cc1cc(C)c(C)s1.Cc1cc(C)cc(C)c1. The number of benzene rings is 2. The van der Waals surface area contributed by atoms with Crippen molar-refractivity contribution in [1.29, 1.82) is 0 Å². The average molecular weight is 758 g/mol. The van der Waals surface area contributed by atoms with Gasteiger partial charge in [0.25, 0.3) is 0 Å². The zero-order valence-corrected chi connectivity index (χ0v) is 40.1. The van der Waals surface area contributed by atoms with Gasteiger partial charge in [0.2, 0.25) is 0 Å². The number of aromatic amines is 1. The Labute approximate surface area is 333 Å². The van der Waals surface area contributed by atoms with E-state index in [2.05, 4.69) is 183 Å². The summed E-state index contributed by atoms with van der Waals surface area (Å²) >= 11 is 1.87. The molecular weight excluding hydrogens is 679 g/mol. The molecule has 0 fully saturated rings. The van der Waals surface area contributed by atoms with Crippen LogP contribution in [0.1, 0.15) is 110 Å². The summed E-state index contributed by atoms with van der Waals surface area (Å²) in [6, 6.07) is 19.6. The Morgan fingerprint density at radius 3 is 1.28 bits per heavy atom. The molecule has 0 atom stereocenters. The molecule has 0 aliphatic heterocycles. The minimum Gasteiger partial charge on any atom is -0.466 e. The maximum absolute atomic E-state index is 5.21. The number of rotatable bonds is 1. The lowest BCUT2D eigenvalue weighted by atomic mass is 10.1. The van der Waals surface area contributed by atoms with Crippen molar-refractivity contribution in [2.45, 2.75) is 157 Å². The van der Waals surface area contributed by atoms with E-state index in [1.54, 1.807) is 0 Å². The zero-order chi connectivity index (χ0) is 41.6. The van der Waals surface area contributed by atoms with Crippen molar-refractivity contribution in [3.63, 3.8) is 0 Å². The van der Waals surface area contributed by atoms with Gasteiger partial charge in [-0.05, 0) is 176 Å². The van der Waals surface area contributed by atoms with Gasteiger partial charge in [-0.1, -0.05) is 97.8 Å². The zero-order valence-electron chi connectivity index (χ0n) is 38.3. The second kappa shape index (κ2) is 26.4. The van der Waals surface area contributed by atoms with E-state index in [0.717, 1.165) is 17.9 Å². The Bertz CT molecular complexity index is 1550. The van der Waals surface area contributed by atoms with Crippen molar-refractivity contribution in [3.8, 4) is 0 Å². The molecule has 2 aromatic carbocycles. The smallest absolute Gasteiger partial charge is 0.103 e. The van der Waals surface area contributed by atoms with Crippen molar-refractivity contribution in [3.05, 3.63) is 149 Å². The van der Waals surface area contributed by atoms with E-state index >= 15 is 0 Å². The molecule has 0 radical (unpaired) electrons. The van der Waals surface area contributed by atoms with Gasteiger partial charge in [-0.2, -0.15) is 0 Å². The number of nitrogens with one attached hydrogen (secondary N) is 1. The predicted molar refractivity (Wildman–Crippen MR) is 247 cm³/mol. The van der Waals surface area contributed by atoms with Crippen LogP contribution in [0.15, 0.2) is 70.7 Å². The topological polar surface area (TPSA) is 28.9 Å². The molecule has 0 aliphatic carbocycles. The molecule has 0 saturated heterocycles. The fourth-order valence-electron chi connectivity index (χ4n) is 4.61. The van der Waals surface area contributed by atoms with Gasteiger partial charge in [0, 0.05) is 29.2 Å². The highest BCUT2D eigenvalue weighted by atomic mass is 32.1. The Morgan fingerprint density at radius 2 is 1.09 bits per heavy atom. The molecule has 3 aromatic heterocycles. The van der Waals surface area contributed by atoms with E-state index in [-0.39, 0.29) is 0 Å². The van der Waals surface area contributed by atoms with Crippen LogP contribution in [0.2, 0.25) is 26.2 Å². The van der Waals surface area contributed by atoms with Gasteiger partial charge >= 0.3 is 0 Å². The van der Waals surface area contributed by atoms with Crippen LogP contribution in [0, 0.1) is 96.9 Å². The van der Waals surface area contributed by atoms with E-state index in [1.165, 1.54) is 76.8 Å². The summed E-state index contributed by atoms with van der Waals surface area (Å²) in [7, 11) is -0.611. The molecule has 3 heterocycles. The van der Waals surface area contributed by atoms with Crippen molar-refractivity contribution in [2.75, 3.05) is 0 Å². The fourth-order valence-corrected chi connectivity index (χ4v) is 5.54. The van der Waals surface area contributed by atoms with Gasteiger partial charge in [0.1, 0.15) is 11.5 Å². The molecule has 5 rings (SSSR count). The quantitative estimate of drug-likeness (QED) is 0.134. The molecule has 0 amide bonds. The van der Waals surface area contributed by atoms with E-state index in [9.17, 15) is 0 Å². The summed E-state index contributed by atoms with van der Waals surface area (Å²) in [5, 5.41) is 0. The maximum Gasteiger partial charge on any atom is 0.103 e. The van der Waals surface area contributed by atoms with Crippen LogP contribution in [-0.4, -0.2) is 13.1 Å². The molecule has 0 bridgehead atoms. The minimum absolute atomic E-state index is 0.611. The normalized spacial score (nSPS) is 9.77. The van der Waals surface area contributed by atoms with Crippen LogP contribution in [0.5, 0.6) is 0 Å². The lowest BCUT2D eigenvalue weighted by Gasteiger charge is -2.01.